The first-order chi connectivity index (χ1) is 5.43. The minimum absolute atomic E-state index is 0.389. The van der Waals surface area contributed by atoms with Gasteiger partial charge in [0.1, 0.15) is 0 Å². The van der Waals surface area contributed by atoms with Crippen LogP contribution < -0.4 is 11.1 Å². The average molecular weight is 146 g/mol. The van der Waals surface area contributed by atoms with Crippen molar-refractivity contribution in [3.8, 4) is 12.0 Å². The fourth-order valence-corrected chi connectivity index (χ4v) is 0.689. The summed E-state index contributed by atoms with van der Waals surface area (Å²) >= 11 is 0. The third-order valence-corrected chi connectivity index (χ3v) is 1.17. The SMILES string of the molecule is NCC#CNc1ccccc1. The van der Waals surface area contributed by atoms with Crippen molar-refractivity contribution in [3.63, 3.8) is 0 Å². The molecule has 0 aliphatic rings. The summed E-state index contributed by atoms with van der Waals surface area (Å²) in [5.74, 6) is 2.71. The lowest BCUT2D eigenvalue weighted by Crippen LogP contribution is -1.95. The van der Waals surface area contributed by atoms with E-state index in [-0.39, 0.29) is 0 Å². The highest BCUT2D eigenvalue weighted by Gasteiger charge is 1.81. The van der Waals surface area contributed by atoms with Crippen LogP contribution in [0.2, 0.25) is 0 Å². The average Bonchev–Trinajstić information content (AvgIpc) is 2.07. The maximum atomic E-state index is 5.18. The number of rotatable bonds is 1. The van der Waals surface area contributed by atoms with Gasteiger partial charge in [-0.05, 0) is 12.1 Å². The molecule has 0 atom stereocenters. The predicted molar refractivity (Wildman–Crippen MR) is 46.9 cm³/mol. The minimum Gasteiger partial charge on any atom is -0.320 e. The maximum absolute atomic E-state index is 5.18. The summed E-state index contributed by atoms with van der Waals surface area (Å²) in [5.41, 5.74) is 6.17. The Kier molecular flexibility index (Phi) is 3.04. The van der Waals surface area contributed by atoms with E-state index in [1.807, 2.05) is 30.3 Å². The van der Waals surface area contributed by atoms with Gasteiger partial charge in [0.25, 0.3) is 0 Å². The van der Waals surface area contributed by atoms with Crippen LogP contribution in [0.25, 0.3) is 0 Å². The van der Waals surface area contributed by atoms with Crippen molar-refractivity contribution < 1.29 is 0 Å². The van der Waals surface area contributed by atoms with Crippen LogP contribution in [0, 0.1) is 12.0 Å². The first-order valence-electron chi connectivity index (χ1n) is 3.42. The Labute approximate surface area is 66.4 Å². The molecule has 1 aromatic rings. The molecule has 11 heavy (non-hydrogen) atoms. The fourth-order valence-electron chi connectivity index (χ4n) is 0.689. The third-order valence-electron chi connectivity index (χ3n) is 1.17. The van der Waals surface area contributed by atoms with Crippen LogP contribution in [-0.2, 0) is 0 Å². The van der Waals surface area contributed by atoms with Crippen LogP contribution >= 0.6 is 0 Å². The standard InChI is InChI=1S/C9H10N2/c10-7-4-8-11-9-5-2-1-3-6-9/h1-3,5-6,11H,7,10H2. The van der Waals surface area contributed by atoms with Crippen LogP contribution in [-0.4, -0.2) is 6.54 Å². The van der Waals surface area contributed by atoms with Gasteiger partial charge in [-0.3, -0.25) is 0 Å². The lowest BCUT2D eigenvalue weighted by molar-refractivity contribution is 1.30. The van der Waals surface area contributed by atoms with Crippen molar-refractivity contribution in [2.45, 2.75) is 0 Å². The van der Waals surface area contributed by atoms with Crippen LogP contribution in [0.5, 0.6) is 0 Å². The normalized spacial score (nSPS) is 8.09. The number of benzene rings is 1. The molecule has 1 aromatic carbocycles. The van der Waals surface area contributed by atoms with Crippen molar-refractivity contribution in [1.29, 1.82) is 0 Å². The molecule has 0 bridgehead atoms. The van der Waals surface area contributed by atoms with Crippen molar-refractivity contribution >= 4 is 5.69 Å². The minimum atomic E-state index is 0.389. The van der Waals surface area contributed by atoms with Crippen LogP contribution in [0.15, 0.2) is 30.3 Å². The summed E-state index contributed by atoms with van der Waals surface area (Å²) < 4.78 is 0. The van der Waals surface area contributed by atoms with E-state index in [1.165, 1.54) is 0 Å². The maximum Gasteiger partial charge on any atom is 0.0569 e. The largest absolute Gasteiger partial charge is 0.320 e. The van der Waals surface area contributed by atoms with E-state index in [4.69, 9.17) is 5.73 Å². The van der Waals surface area contributed by atoms with Gasteiger partial charge in [0.15, 0.2) is 0 Å². The molecule has 0 radical (unpaired) electrons. The zero-order valence-electron chi connectivity index (χ0n) is 6.17. The molecule has 0 aromatic heterocycles. The van der Waals surface area contributed by atoms with Gasteiger partial charge in [0.05, 0.1) is 6.54 Å². The number of anilines is 1. The van der Waals surface area contributed by atoms with Gasteiger partial charge >= 0.3 is 0 Å². The second kappa shape index (κ2) is 4.37. The van der Waals surface area contributed by atoms with Gasteiger partial charge < -0.3 is 11.1 Å². The van der Waals surface area contributed by atoms with E-state index in [0.29, 0.717) is 6.54 Å². The third kappa shape index (κ3) is 2.74. The zero-order valence-corrected chi connectivity index (χ0v) is 6.17. The first kappa shape index (κ1) is 7.64. The summed E-state index contributed by atoms with van der Waals surface area (Å²) in [5, 5.41) is 2.90. The van der Waals surface area contributed by atoms with Crippen molar-refractivity contribution in [2.75, 3.05) is 11.9 Å². The first-order valence-corrected chi connectivity index (χ1v) is 3.42. The fraction of sp³-hybridized carbons (Fsp3) is 0.111. The summed E-state index contributed by atoms with van der Waals surface area (Å²) in [7, 11) is 0. The highest BCUT2D eigenvalue weighted by Crippen LogP contribution is 2.02. The lowest BCUT2D eigenvalue weighted by atomic mass is 10.3. The van der Waals surface area contributed by atoms with Gasteiger partial charge in [-0.2, -0.15) is 0 Å². The van der Waals surface area contributed by atoms with E-state index in [2.05, 4.69) is 17.3 Å². The summed E-state index contributed by atoms with van der Waals surface area (Å²) in [6.07, 6.45) is 0. The van der Waals surface area contributed by atoms with E-state index in [1.54, 1.807) is 0 Å². The highest BCUT2D eigenvalue weighted by molar-refractivity contribution is 5.47. The second-order valence-corrected chi connectivity index (χ2v) is 2.00. The number of nitrogens with one attached hydrogen (secondary N) is 1. The number of hydrogen-bond acceptors (Lipinski definition) is 2. The Morgan fingerprint density at radius 3 is 2.64 bits per heavy atom. The second-order valence-electron chi connectivity index (χ2n) is 2.00. The van der Waals surface area contributed by atoms with Gasteiger partial charge in [0, 0.05) is 11.7 Å². The molecule has 1 rings (SSSR count). The predicted octanol–water partition coefficient (Wildman–Crippen LogP) is 1.02. The molecular weight excluding hydrogens is 136 g/mol. The Morgan fingerprint density at radius 2 is 2.00 bits per heavy atom. The molecule has 0 saturated carbocycles. The molecule has 0 fully saturated rings. The molecule has 0 heterocycles. The Balaban J connectivity index is 2.52. The molecule has 2 nitrogen and oxygen atoms in total. The summed E-state index contributed by atoms with van der Waals surface area (Å²) in [6, 6.07) is 12.5. The lowest BCUT2D eigenvalue weighted by Gasteiger charge is -1.94. The van der Waals surface area contributed by atoms with E-state index < -0.39 is 0 Å². The molecular formula is C9H10N2. The van der Waals surface area contributed by atoms with Crippen molar-refractivity contribution in [1.82, 2.24) is 0 Å². The monoisotopic (exact) mass is 146 g/mol. The van der Waals surface area contributed by atoms with Crippen LogP contribution in [0.4, 0.5) is 5.69 Å². The molecule has 3 N–H and O–H groups in total. The smallest absolute Gasteiger partial charge is 0.0569 e. The Hall–Kier alpha value is -1.46. The summed E-state index contributed by atoms with van der Waals surface area (Å²) in [6.45, 7) is 0.389. The molecule has 0 spiro atoms. The molecule has 0 aliphatic carbocycles. The van der Waals surface area contributed by atoms with Gasteiger partial charge in [-0.1, -0.05) is 24.1 Å². The molecule has 0 aliphatic heterocycles. The zero-order chi connectivity index (χ0) is 7.94. The Morgan fingerprint density at radius 1 is 1.27 bits per heavy atom. The number of nitrogens with two attached hydrogens (primary N) is 1. The summed E-state index contributed by atoms with van der Waals surface area (Å²) in [4.78, 5) is 0. The molecule has 2 heteroatoms. The van der Waals surface area contributed by atoms with E-state index in [9.17, 15) is 0 Å². The number of hydrogen-bond donors (Lipinski definition) is 2. The van der Waals surface area contributed by atoms with Crippen LogP contribution in [0.3, 0.4) is 0 Å². The quantitative estimate of drug-likeness (QED) is 0.458. The van der Waals surface area contributed by atoms with Crippen molar-refractivity contribution in [2.24, 2.45) is 5.73 Å². The Bertz CT molecular complexity index is 256. The number of para-hydroxylation sites is 1. The topological polar surface area (TPSA) is 38.0 Å². The van der Waals surface area contributed by atoms with Gasteiger partial charge in [0.2, 0.25) is 0 Å². The van der Waals surface area contributed by atoms with E-state index in [0.717, 1.165) is 5.69 Å². The molecule has 0 amide bonds. The van der Waals surface area contributed by atoms with Gasteiger partial charge in [-0.15, -0.1) is 0 Å². The van der Waals surface area contributed by atoms with Crippen LogP contribution in [0.1, 0.15) is 0 Å². The molecule has 0 saturated heterocycles. The highest BCUT2D eigenvalue weighted by atomic mass is 14.8. The van der Waals surface area contributed by atoms with Crippen molar-refractivity contribution in [3.05, 3.63) is 30.3 Å². The van der Waals surface area contributed by atoms with Gasteiger partial charge in [-0.25, -0.2) is 0 Å². The molecule has 0 unspecified atom stereocenters. The molecule has 56 valence electrons. The van der Waals surface area contributed by atoms with E-state index >= 15 is 0 Å².